The molecule has 1 heterocycles. The molecule has 0 spiro atoms. The second-order valence-corrected chi connectivity index (χ2v) is 4.15. The van der Waals surface area contributed by atoms with E-state index in [0.29, 0.717) is 5.56 Å². The van der Waals surface area contributed by atoms with Gasteiger partial charge in [0.1, 0.15) is 10.3 Å². The van der Waals surface area contributed by atoms with Gasteiger partial charge in [0.15, 0.2) is 0 Å². The molecule has 0 aliphatic carbocycles. The lowest BCUT2D eigenvalue weighted by molar-refractivity contribution is -0.384. The molecule has 0 saturated heterocycles. The van der Waals surface area contributed by atoms with E-state index in [1.165, 1.54) is 18.2 Å². The Bertz CT molecular complexity index is 683. The summed E-state index contributed by atoms with van der Waals surface area (Å²) >= 11 is 2.86. The van der Waals surface area contributed by atoms with Crippen molar-refractivity contribution in [3.05, 3.63) is 49.2 Å². The van der Waals surface area contributed by atoms with E-state index in [9.17, 15) is 20.0 Å². The summed E-state index contributed by atoms with van der Waals surface area (Å²) in [7, 11) is 0. The Kier molecular flexibility index (Phi) is 3.11. The van der Waals surface area contributed by atoms with Crippen LogP contribution in [-0.2, 0) is 0 Å². The molecule has 0 unspecified atom stereocenters. The molecular formula is C10H6BrN3O4. The van der Waals surface area contributed by atoms with Gasteiger partial charge in [-0.15, -0.1) is 0 Å². The molecule has 0 saturated carbocycles. The number of halogens is 1. The molecular weight excluding hydrogens is 306 g/mol. The Balaban J connectivity index is 2.59. The van der Waals surface area contributed by atoms with Gasteiger partial charge >= 0.3 is 0 Å². The summed E-state index contributed by atoms with van der Waals surface area (Å²) in [5.74, 6) is -0.412. The molecule has 1 aromatic heterocycles. The number of benzene rings is 1. The number of non-ortho nitro benzene ring substituents is 1. The number of aromatic nitrogens is 2. The molecule has 0 bridgehead atoms. The van der Waals surface area contributed by atoms with Crippen molar-refractivity contribution < 1.29 is 10.0 Å². The van der Waals surface area contributed by atoms with Crippen molar-refractivity contribution in [1.29, 1.82) is 0 Å². The molecule has 2 aromatic rings. The van der Waals surface area contributed by atoms with Gasteiger partial charge in [0, 0.05) is 17.7 Å². The van der Waals surface area contributed by atoms with E-state index in [4.69, 9.17) is 0 Å². The van der Waals surface area contributed by atoms with Gasteiger partial charge in [-0.1, -0.05) is 12.1 Å². The van der Waals surface area contributed by atoms with Crippen LogP contribution < -0.4 is 5.56 Å². The van der Waals surface area contributed by atoms with Crippen LogP contribution in [0.3, 0.4) is 0 Å². The lowest BCUT2D eigenvalue weighted by atomic mass is 10.2. The van der Waals surface area contributed by atoms with E-state index in [-0.39, 0.29) is 16.0 Å². The van der Waals surface area contributed by atoms with Crippen LogP contribution in [0.25, 0.3) is 11.4 Å². The van der Waals surface area contributed by atoms with E-state index in [1.807, 2.05) is 0 Å². The maximum absolute atomic E-state index is 11.4. The fraction of sp³-hybridized carbons (Fsp3) is 0. The van der Waals surface area contributed by atoms with Crippen LogP contribution in [0, 0.1) is 10.1 Å². The third-order valence-corrected chi connectivity index (χ3v) is 2.89. The predicted octanol–water partition coefficient (Wildman–Crippen LogP) is 1.81. The Morgan fingerprint density at radius 2 is 2.17 bits per heavy atom. The predicted molar refractivity (Wildman–Crippen MR) is 66.3 cm³/mol. The van der Waals surface area contributed by atoms with Crippen LogP contribution in [0.1, 0.15) is 0 Å². The summed E-state index contributed by atoms with van der Waals surface area (Å²) in [6.07, 6.45) is 0. The quantitative estimate of drug-likeness (QED) is 0.649. The molecule has 18 heavy (non-hydrogen) atoms. The molecule has 92 valence electrons. The van der Waals surface area contributed by atoms with Crippen molar-refractivity contribution in [2.45, 2.75) is 0 Å². The first-order valence-corrected chi connectivity index (χ1v) is 5.52. The maximum atomic E-state index is 11.4. The first kappa shape index (κ1) is 12.2. The molecule has 2 N–H and O–H groups in total. The monoisotopic (exact) mass is 311 g/mol. The van der Waals surface area contributed by atoms with Crippen molar-refractivity contribution in [3.8, 4) is 17.3 Å². The minimum Gasteiger partial charge on any atom is -0.492 e. The number of hydrogen-bond acceptors (Lipinski definition) is 5. The van der Waals surface area contributed by atoms with Crippen molar-refractivity contribution in [2.75, 3.05) is 0 Å². The molecule has 0 fully saturated rings. The number of nitro benzene ring substituents is 1. The summed E-state index contributed by atoms with van der Waals surface area (Å²) in [4.78, 5) is 27.6. The minimum atomic E-state index is -0.566. The Morgan fingerprint density at radius 3 is 2.78 bits per heavy atom. The zero-order chi connectivity index (χ0) is 13.3. The molecule has 0 aliphatic rings. The number of hydrogen-bond donors (Lipinski definition) is 2. The molecule has 1 aromatic carbocycles. The summed E-state index contributed by atoms with van der Waals surface area (Å²) in [6, 6.07) is 5.58. The fourth-order valence-corrected chi connectivity index (χ4v) is 1.54. The smallest absolute Gasteiger partial charge is 0.270 e. The third-order valence-electron chi connectivity index (χ3n) is 2.18. The average Bonchev–Trinajstić information content (AvgIpc) is 2.35. The van der Waals surface area contributed by atoms with Gasteiger partial charge in [-0.2, -0.15) is 4.98 Å². The van der Waals surface area contributed by atoms with E-state index in [2.05, 4.69) is 25.9 Å². The first-order valence-electron chi connectivity index (χ1n) is 4.72. The van der Waals surface area contributed by atoms with Crippen LogP contribution in [-0.4, -0.2) is 20.0 Å². The van der Waals surface area contributed by atoms with Crippen molar-refractivity contribution in [1.82, 2.24) is 9.97 Å². The Morgan fingerprint density at radius 1 is 1.44 bits per heavy atom. The van der Waals surface area contributed by atoms with Gasteiger partial charge < -0.3 is 10.1 Å². The Labute approximate surface area is 108 Å². The standard InChI is InChI=1S/C10H6BrN3O4/c11-7-9(15)12-8(13-10(7)16)5-2-1-3-6(4-5)14(17)18/h1-4H,(H2,12,13,15,16). The summed E-state index contributed by atoms with van der Waals surface area (Å²) in [5, 5.41) is 20.0. The fourth-order valence-electron chi connectivity index (χ4n) is 1.35. The highest BCUT2D eigenvalue weighted by molar-refractivity contribution is 9.10. The maximum Gasteiger partial charge on any atom is 0.270 e. The molecule has 0 amide bonds. The second kappa shape index (κ2) is 4.57. The minimum absolute atomic E-state index is 0.0596. The summed E-state index contributed by atoms with van der Waals surface area (Å²) in [6.45, 7) is 0. The molecule has 0 radical (unpaired) electrons. The number of H-pyrrole nitrogens is 1. The SMILES string of the molecule is O=c1[nH]c(-c2cccc([N+](=O)[O-])c2)nc(O)c1Br. The molecule has 2 rings (SSSR count). The topological polar surface area (TPSA) is 109 Å². The number of aromatic hydroxyl groups is 1. The Hall–Kier alpha value is -2.22. The van der Waals surface area contributed by atoms with Crippen LogP contribution in [0.5, 0.6) is 5.88 Å². The number of nitrogens with one attached hydrogen (secondary N) is 1. The highest BCUT2D eigenvalue weighted by Crippen LogP contribution is 2.23. The van der Waals surface area contributed by atoms with Crippen molar-refractivity contribution in [2.24, 2.45) is 0 Å². The lowest BCUT2D eigenvalue weighted by Gasteiger charge is -2.02. The molecule has 0 aliphatic heterocycles. The molecule has 8 heteroatoms. The lowest BCUT2D eigenvalue weighted by Crippen LogP contribution is -2.09. The number of nitrogens with zero attached hydrogens (tertiary/aromatic N) is 2. The van der Waals surface area contributed by atoms with Crippen LogP contribution in [0.2, 0.25) is 0 Å². The third kappa shape index (κ3) is 2.23. The van der Waals surface area contributed by atoms with Gasteiger partial charge in [0.25, 0.3) is 11.2 Å². The zero-order valence-electron chi connectivity index (χ0n) is 8.75. The molecule has 0 atom stereocenters. The van der Waals surface area contributed by atoms with Crippen LogP contribution in [0.4, 0.5) is 5.69 Å². The van der Waals surface area contributed by atoms with Crippen LogP contribution in [0.15, 0.2) is 33.5 Å². The van der Waals surface area contributed by atoms with E-state index in [0.717, 1.165) is 0 Å². The van der Waals surface area contributed by atoms with E-state index >= 15 is 0 Å². The van der Waals surface area contributed by atoms with Crippen LogP contribution >= 0.6 is 15.9 Å². The van der Waals surface area contributed by atoms with Crippen molar-refractivity contribution in [3.63, 3.8) is 0 Å². The highest BCUT2D eigenvalue weighted by atomic mass is 79.9. The molecule has 7 nitrogen and oxygen atoms in total. The summed E-state index contributed by atoms with van der Waals surface area (Å²) < 4.78 is -0.0864. The number of nitro groups is 1. The second-order valence-electron chi connectivity index (χ2n) is 3.36. The summed E-state index contributed by atoms with van der Waals surface area (Å²) in [5.41, 5.74) is -0.356. The highest BCUT2D eigenvalue weighted by Gasteiger charge is 2.12. The van der Waals surface area contributed by atoms with Gasteiger partial charge in [0.2, 0.25) is 5.88 Å². The number of rotatable bonds is 2. The van der Waals surface area contributed by atoms with Gasteiger partial charge in [-0.3, -0.25) is 14.9 Å². The van der Waals surface area contributed by atoms with Gasteiger partial charge in [0.05, 0.1) is 4.92 Å². The van der Waals surface area contributed by atoms with Crippen molar-refractivity contribution >= 4 is 21.6 Å². The van der Waals surface area contributed by atoms with Gasteiger partial charge in [-0.25, -0.2) is 0 Å². The van der Waals surface area contributed by atoms with E-state index < -0.39 is 16.4 Å². The van der Waals surface area contributed by atoms with E-state index in [1.54, 1.807) is 6.07 Å². The normalized spacial score (nSPS) is 10.3. The largest absolute Gasteiger partial charge is 0.492 e. The number of aromatic amines is 1. The first-order chi connectivity index (χ1) is 8.49. The zero-order valence-corrected chi connectivity index (χ0v) is 10.3. The van der Waals surface area contributed by atoms with Gasteiger partial charge in [-0.05, 0) is 15.9 Å². The average molecular weight is 312 g/mol.